The lowest BCUT2D eigenvalue weighted by Crippen LogP contribution is -2.40. The van der Waals surface area contributed by atoms with Gasteiger partial charge < -0.3 is 5.32 Å². The van der Waals surface area contributed by atoms with Crippen LogP contribution in [0.25, 0.3) is 0 Å². The van der Waals surface area contributed by atoms with Crippen LogP contribution in [0.1, 0.15) is 29.5 Å². The summed E-state index contributed by atoms with van der Waals surface area (Å²) in [5.74, 6) is 0.454. The molecule has 2 heterocycles. The molecule has 1 atom stereocenters. The fraction of sp³-hybridized carbons (Fsp3) is 0.625. The first-order valence-corrected chi connectivity index (χ1v) is 9.64. The fourth-order valence-electron chi connectivity index (χ4n) is 3.61. The lowest BCUT2D eigenvalue weighted by Gasteiger charge is -2.32. The fourth-order valence-corrected chi connectivity index (χ4v) is 4.55. The molecular formula is C16H24N2O2S. The number of sulfonamides is 1. The topological polar surface area (TPSA) is 49.4 Å². The molecule has 21 heavy (non-hydrogen) atoms. The Bertz CT molecular complexity index is 613. The molecule has 0 bridgehead atoms. The molecule has 1 unspecified atom stereocenters. The zero-order valence-electron chi connectivity index (χ0n) is 12.6. The van der Waals surface area contributed by atoms with Crippen molar-refractivity contribution in [2.24, 2.45) is 5.92 Å². The van der Waals surface area contributed by atoms with Crippen LogP contribution in [0.5, 0.6) is 0 Å². The summed E-state index contributed by atoms with van der Waals surface area (Å²) in [5.41, 5.74) is 4.33. The van der Waals surface area contributed by atoms with Gasteiger partial charge in [-0.25, -0.2) is 12.7 Å². The molecular weight excluding hydrogens is 284 g/mol. The average Bonchev–Trinajstić information content (AvgIpc) is 2.47. The molecule has 0 aromatic heterocycles. The highest BCUT2D eigenvalue weighted by Crippen LogP contribution is 2.26. The van der Waals surface area contributed by atoms with Crippen molar-refractivity contribution in [1.82, 2.24) is 9.62 Å². The molecule has 4 nitrogen and oxygen atoms in total. The predicted molar refractivity (Wildman–Crippen MR) is 84.7 cm³/mol. The quantitative estimate of drug-likeness (QED) is 0.921. The van der Waals surface area contributed by atoms with E-state index in [0.717, 1.165) is 38.8 Å². The highest BCUT2D eigenvalue weighted by Gasteiger charge is 2.26. The number of nitrogens with one attached hydrogen (secondary N) is 1. The van der Waals surface area contributed by atoms with Crippen molar-refractivity contribution in [3.63, 3.8) is 0 Å². The maximum absolute atomic E-state index is 11.7. The molecule has 116 valence electrons. The van der Waals surface area contributed by atoms with Crippen molar-refractivity contribution in [2.45, 2.75) is 32.2 Å². The minimum atomic E-state index is -3.05. The van der Waals surface area contributed by atoms with Crippen molar-refractivity contribution in [3.8, 4) is 0 Å². The molecule has 1 fully saturated rings. The largest absolute Gasteiger partial charge is 0.312 e. The Kier molecular flexibility index (Phi) is 4.33. The average molecular weight is 308 g/mol. The number of rotatable bonds is 3. The molecule has 1 N–H and O–H groups in total. The van der Waals surface area contributed by atoms with Gasteiger partial charge in [-0.05, 0) is 54.8 Å². The molecule has 0 saturated carbocycles. The van der Waals surface area contributed by atoms with Gasteiger partial charge in [-0.3, -0.25) is 0 Å². The number of piperidine rings is 1. The van der Waals surface area contributed by atoms with Crippen LogP contribution in [-0.2, 0) is 29.4 Å². The van der Waals surface area contributed by atoms with Gasteiger partial charge in [0, 0.05) is 19.6 Å². The van der Waals surface area contributed by atoms with E-state index in [2.05, 4.69) is 23.5 Å². The number of hydrogen-bond acceptors (Lipinski definition) is 3. The molecule has 0 spiro atoms. The summed E-state index contributed by atoms with van der Waals surface area (Å²) in [6.07, 6.45) is 5.54. The van der Waals surface area contributed by atoms with E-state index in [1.807, 2.05) is 0 Å². The van der Waals surface area contributed by atoms with Crippen molar-refractivity contribution in [2.75, 3.05) is 25.9 Å². The maximum atomic E-state index is 11.7. The van der Waals surface area contributed by atoms with E-state index in [-0.39, 0.29) is 0 Å². The van der Waals surface area contributed by atoms with Gasteiger partial charge in [0.15, 0.2) is 0 Å². The molecule has 0 amide bonds. The van der Waals surface area contributed by atoms with Gasteiger partial charge >= 0.3 is 0 Å². The highest BCUT2D eigenvalue weighted by atomic mass is 32.2. The van der Waals surface area contributed by atoms with E-state index in [4.69, 9.17) is 0 Å². The van der Waals surface area contributed by atoms with Crippen LogP contribution in [0.15, 0.2) is 18.2 Å². The zero-order valence-corrected chi connectivity index (χ0v) is 13.5. The number of benzene rings is 1. The minimum Gasteiger partial charge on any atom is -0.312 e. The van der Waals surface area contributed by atoms with Gasteiger partial charge in [-0.15, -0.1) is 0 Å². The molecule has 0 radical (unpaired) electrons. The van der Waals surface area contributed by atoms with Crippen LogP contribution < -0.4 is 5.32 Å². The minimum absolute atomic E-state index is 0.454. The van der Waals surface area contributed by atoms with Gasteiger partial charge in [0.1, 0.15) is 0 Å². The Morgan fingerprint density at radius 3 is 3.05 bits per heavy atom. The number of nitrogens with zero attached hydrogens (tertiary/aromatic N) is 1. The van der Waals surface area contributed by atoms with Crippen LogP contribution in [0.3, 0.4) is 0 Å². The third-order valence-corrected chi connectivity index (χ3v) is 5.97. The molecule has 1 aromatic carbocycles. The first kappa shape index (κ1) is 15.0. The van der Waals surface area contributed by atoms with Crippen molar-refractivity contribution in [1.29, 1.82) is 0 Å². The summed E-state index contributed by atoms with van der Waals surface area (Å²) in [6.45, 7) is 3.38. The van der Waals surface area contributed by atoms with Crippen LogP contribution >= 0.6 is 0 Å². The lowest BCUT2D eigenvalue weighted by molar-refractivity contribution is 0.266. The summed E-state index contributed by atoms with van der Waals surface area (Å²) in [5, 5.41) is 3.41. The van der Waals surface area contributed by atoms with E-state index >= 15 is 0 Å². The number of fused-ring (bicyclic) bond motifs is 1. The Morgan fingerprint density at radius 1 is 1.38 bits per heavy atom. The second-order valence-electron chi connectivity index (χ2n) is 6.31. The van der Waals surface area contributed by atoms with E-state index in [0.29, 0.717) is 19.0 Å². The van der Waals surface area contributed by atoms with Gasteiger partial charge in [-0.2, -0.15) is 0 Å². The third kappa shape index (κ3) is 3.47. The molecule has 2 aliphatic heterocycles. The first-order valence-electron chi connectivity index (χ1n) is 7.79. The standard InChI is InChI=1S/C16H24N2O2S/c1-21(19,20)18-9-3-4-13(12-18)10-14-5-2-6-15-11-17-8-7-16(14)15/h2,5-6,13,17H,3-4,7-12H2,1H3. The maximum Gasteiger partial charge on any atom is 0.211 e. The summed E-state index contributed by atoms with van der Waals surface area (Å²) < 4.78 is 25.1. The van der Waals surface area contributed by atoms with Crippen LogP contribution in [-0.4, -0.2) is 38.6 Å². The predicted octanol–water partition coefficient (Wildman–Crippen LogP) is 1.55. The Balaban J connectivity index is 1.75. The smallest absolute Gasteiger partial charge is 0.211 e. The van der Waals surface area contributed by atoms with Crippen molar-refractivity contribution >= 4 is 10.0 Å². The zero-order chi connectivity index (χ0) is 14.9. The monoisotopic (exact) mass is 308 g/mol. The molecule has 0 aliphatic carbocycles. The molecule has 5 heteroatoms. The van der Waals surface area contributed by atoms with Gasteiger partial charge in [0.05, 0.1) is 6.26 Å². The second-order valence-corrected chi connectivity index (χ2v) is 8.30. The number of hydrogen-bond donors (Lipinski definition) is 1. The first-order chi connectivity index (χ1) is 10.0. The van der Waals surface area contributed by atoms with Crippen molar-refractivity contribution in [3.05, 3.63) is 34.9 Å². The van der Waals surface area contributed by atoms with Gasteiger partial charge in [0.2, 0.25) is 10.0 Å². The normalized spacial score (nSPS) is 23.8. The van der Waals surface area contributed by atoms with Crippen LogP contribution in [0.2, 0.25) is 0 Å². The molecule has 3 rings (SSSR count). The van der Waals surface area contributed by atoms with E-state index < -0.39 is 10.0 Å². The summed E-state index contributed by atoms with van der Waals surface area (Å²) in [7, 11) is -3.05. The lowest BCUT2D eigenvalue weighted by atomic mass is 9.87. The van der Waals surface area contributed by atoms with Crippen molar-refractivity contribution < 1.29 is 8.42 Å². The van der Waals surface area contributed by atoms with Crippen LogP contribution in [0, 0.1) is 5.92 Å². The Hall–Kier alpha value is -0.910. The van der Waals surface area contributed by atoms with E-state index in [1.165, 1.54) is 22.9 Å². The second kappa shape index (κ2) is 6.07. The van der Waals surface area contributed by atoms with Gasteiger partial charge in [0.25, 0.3) is 0 Å². The van der Waals surface area contributed by atoms with E-state index in [1.54, 1.807) is 4.31 Å². The highest BCUT2D eigenvalue weighted by molar-refractivity contribution is 7.88. The SMILES string of the molecule is CS(=O)(=O)N1CCCC(Cc2cccc3c2CCNC3)C1. The molecule has 1 saturated heterocycles. The summed E-state index contributed by atoms with van der Waals surface area (Å²) in [6, 6.07) is 6.57. The molecule has 2 aliphatic rings. The van der Waals surface area contributed by atoms with Crippen LogP contribution in [0.4, 0.5) is 0 Å². The van der Waals surface area contributed by atoms with Gasteiger partial charge in [-0.1, -0.05) is 18.2 Å². The third-order valence-electron chi connectivity index (χ3n) is 4.70. The Morgan fingerprint density at radius 2 is 2.24 bits per heavy atom. The summed E-state index contributed by atoms with van der Waals surface area (Å²) >= 11 is 0. The van der Waals surface area contributed by atoms with E-state index in [9.17, 15) is 8.42 Å². The summed E-state index contributed by atoms with van der Waals surface area (Å²) in [4.78, 5) is 0. The molecule has 1 aromatic rings. The Labute approximate surface area is 127 Å².